The fourth-order valence-corrected chi connectivity index (χ4v) is 2.81. The van der Waals surface area contributed by atoms with E-state index in [1.54, 1.807) is 6.92 Å². The number of carbonyl (C=O) groups excluding carboxylic acids is 1. The number of carbonyl (C=O) groups is 2. The SMILES string of the molecule is CC1CN(C(=O)Nc2c(F)cc(F)cc2Br)CC1C(=O)O. The van der Waals surface area contributed by atoms with Gasteiger partial charge in [-0.2, -0.15) is 0 Å². The van der Waals surface area contributed by atoms with E-state index in [1.807, 2.05) is 0 Å². The van der Waals surface area contributed by atoms with E-state index in [1.165, 1.54) is 4.90 Å². The zero-order valence-electron chi connectivity index (χ0n) is 11.1. The molecule has 1 aliphatic heterocycles. The Morgan fingerprint density at radius 1 is 1.38 bits per heavy atom. The summed E-state index contributed by atoms with van der Waals surface area (Å²) in [5, 5.41) is 11.4. The second-order valence-corrected chi connectivity index (χ2v) is 5.86. The number of hydrogen-bond donors (Lipinski definition) is 2. The second kappa shape index (κ2) is 5.97. The Morgan fingerprint density at radius 3 is 2.57 bits per heavy atom. The van der Waals surface area contributed by atoms with Gasteiger partial charge in [0.2, 0.25) is 0 Å². The molecule has 5 nitrogen and oxygen atoms in total. The van der Waals surface area contributed by atoms with Crippen LogP contribution in [0.4, 0.5) is 19.3 Å². The molecule has 2 unspecified atom stereocenters. The van der Waals surface area contributed by atoms with Crippen molar-refractivity contribution in [3.05, 3.63) is 28.2 Å². The van der Waals surface area contributed by atoms with Crippen LogP contribution in [0.15, 0.2) is 16.6 Å². The Bertz CT molecular complexity index is 574. The van der Waals surface area contributed by atoms with E-state index in [2.05, 4.69) is 21.2 Å². The molecule has 21 heavy (non-hydrogen) atoms. The Kier molecular flexibility index (Phi) is 4.46. The highest BCUT2D eigenvalue weighted by atomic mass is 79.9. The van der Waals surface area contributed by atoms with Crippen LogP contribution in [0.3, 0.4) is 0 Å². The molecule has 0 spiro atoms. The molecule has 1 aliphatic rings. The van der Waals surface area contributed by atoms with Gasteiger partial charge in [0.25, 0.3) is 0 Å². The smallest absolute Gasteiger partial charge is 0.321 e. The van der Waals surface area contributed by atoms with Crippen LogP contribution in [0.5, 0.6) is 0 Å². The molecular weight excluding hydrogens is 350 g/mol. The maximum atomic E-state index is 13.6. The van der Waals surface area contributed by atoms with Crippen LogP contribution in [-0.4, -0.2) is 35.1 Å². The molecule has 0 aliphatic carbocycles. The molecule has 1 heterocycles. The summed E-state index contributed by atoms with van der Waals surface area (Å²) in [4.78, 5) is 24.4. The van der Waals surface area contributed by atoms with E-state index >= 15 is 0 Å². The number of urea groups is 1. The molecule has 8 heteroatoms. The third-order valence-electron chi connectivity index (χ3n) is 3.46. The van der Waals surface area contributed by atoms with Crippen molar-refractivity contribution in [3.8, 4) is 0 Å². The number of anilines is 1. The number of carboxylic acids is 1. The fourth-order valence-electron chi connectivity index (χ4n) is 2.30. The number of nitrogens with zero attached hydrogens (tertiary/aromatic N) is 1. The number of aliphatic carboxylic acids is 1. The average molecular weight is 363 g/mol. The monoisotopic (exact) mass is 362 g/mol. The lowest BCUT2D eigenvalue weighted by atomic mass is 9.99. The number of nitrogens with one attached hydrogen (secondary N) is 1. The molecule has 0 aromatic heterocycles. The lowest BCUT2D eigenvalue weighted by Gasteiger charge is -2.18. The first-order chi connectivity index (χ1) is 9.79. The molecule has 0 saturated carbocycles. The molecule has 1 aromatic carbocycles. The maximum absolute atomic E-state index is 13.6. The van der Waals surface area contributed by atoms with Crippen LogP contribution in [0.2, 0.25) is 0 Å². The van der Waals surface area contributed by atoms with Crippen molar-refractivity contribution >= 4 is 33.6 Å². The van der Waals surface area contributed by atoms with Crippen molar-refractivity contribution in [1.82, 2.24) is 4.90 Å². The molecular formula is C13H13BrF2N2O3. The molecule has 1 saturated heterocycles. The van der Waals surface area contributed by atoms with E-state index in [4.69, 9.17) is 5.11 Å². The lowest BCUT2D eigenvalue weighted by Crippen LogP contribution is -2.34. The van der Waals surface area contributed by atoms with Gasteiger partial charge in [0.1, 0.15) is 5.82 Å². The number of halogens is 3. The zero-order valence-corrected chi connectivity index (χ0v) is 12.7. The van der Waals surface area contributed by atoms with Crippen molar-refractivity contribution in [2.75, 3.05) is 18.4 Å². The molecule has 114 valence electrons. The van der Waals surface area contributed by atoms with Crippen LogP contribution >= 0.6 is 15.9 Å². The quantitative estimate of drug-likeness (QED) is 0.849. The first-order valence-electron chi connectivity index (χ1n) is 6.23. The number of rotatable bonds is 2. The number of hydrogen-bond acceptors (Lipinski definition) is 2. The van der Waals surface area contributed by atoms with E-state index in [0.717, 1.165) is 6.07 Å². The second-order valence-electron chi connectivity index (χ2n) is 5.00. The van der Waals surface area contributed by atoms with Gasteiger partial charge in [0.15, 0.2) is 5.82 Å². The molecule has 1 aromatic rings. The largest absolute Gasteiger partial charge is 0.481 e. The topological polar surface area (TPSA) is 69.6 Å². The van der Waals surface area contributed by atoms with Gasteiger partial charge < -0.3 is 15.3 Å². The molecule has 2 N–H and O–H groups in total. The van der Waals surface area contributed by atoms with Crippen LogP contribution in [0.1, 0.15) is 6.92 Å². The van der Waals surface area contributed by atoms with Gasteiger partial charge in [-0.25, -0.2) is 13.6 Å². The molecule has 2 amide bonds. The number of carboxylic acid groups (broad SMARTS) is 1. The van der Waals surface area contributed by atoms with Crippen molar-refractivity contribution in [3.63, 3.8) is 0 Å². The van der Waals surface area contributed by atoms with Crippen LogP contribution in [0, 0.1) is 23.5 Å². The number of amides is 2. The van der Waals surface area contributed by atoms with Crippen molar-refractivity contribution < 1.29 is 23.5 Å². The molecule has 2 atom stereocenters. The van der Waals surface area contributed by atoms with Crippen molar-refractivity contribution in [2.24, 2.45) is 11.8 Å². The highest BCUT2D eigenvalue weighted by Crippen LogP contribution is 2.29. The van der Waals surface area contributed by atoms with Gasteiger partial charge in [-0.05, 0) is 27.9 Å². The fraction of sp³-hybridized carbons (Fsp3) is 0.385. The minimum atomic E-state index is -0.966. The van der Waals surface area contributed by atoms with E-state index in [-0.39, 0.29) is 29.2 Å². The summed E-state index contributed by atoms with van der Waals surface area (Å²) in [6.45, 7) is 2.06. The average Bonchev–Trinajstić information content (AvgIpc) is 2.75. The Hall–Kier alpha value is -1.70. The highest BCUT2D eigenvalue weighted by Gasteiger charge is 2.37. The van der Waals surface area contributed by atoms with Gasteiger partial charge >= 0.3 is 12.0 Å². The Morgan fingerprint density at radius 2 is 2.05 bits per heavy atom. The predicted octanol–water partition coefficient (Wildman–Crippen LogP) is 2.91. The van der Waals surface area contributed by atoms with Crippen molar-refractivity contribution in [1.29, 1.82) is 0 Å². The van der Waals surface area contributed by atoms with Crippen LogP contribution in [-0.2, 0) is 4.79 Å². The summed E-state index contributed by atoms with van der Waals surface area (Å²) >= 11 is 2.97. The third-order valence-corrected chi connectivity index (χ3v) is 4.08. The van der Waals surface area contributed by atoms with Gasteiger partial charge in [0.05, 0.1) is 11.6 Å². The molecule has 2 rings (SSSR count). The maximum Gasteiger partial charge on any atom is 0.321 e. The summed E-state index contributed by atoms with van der Waals surface area (Å²) in [5.74, 6) is -3.46. The van der Waals surface area contributed by atoms with Crippen molar-refractivity contribution in [2.45, 2.75) is 6.92 Å². The lowest BCUT2D eigenvalue weighted by molar-refractivity contribution is -0.142. The van der Waals surface area contributed by atoms with Gasteiger partial charge in [-0.3, -0.25) is 4.79 Å². The summed E-state index contributed by atoms with van der Waals surface area (Å²) < 4.78 is 26.7. The Labute approximate surface area is 128 Å². The zero-order chi connectivity index (χ0) is 15.7. The first kappa shape index (κ1) is 15.7. The Balaban J connectivity index is 2.11. The standard InChI is InChI=1S/C13H13BrF2N2O3/c1-6-4-18(5-8(6)12(19)20)13(21)17-11-9(14)2-7(15)3-10(11)16/h2-3,6,8H,4-5H2,1H3,(H,17,21)(H,19,20). The third kappa shape index (κ3) is 3.31. The molecule has 0 bridgehead atoms. The van der Waals surface area contributed by atoms with Crippen LogP contribution in [0.25, 0.3) is 0 Å². The minimum absolute atomic E-state index is 0.0583. The first-order valence-corrected chi connectivity index (χ1v) is 7.02. The van der Waals surface area contributed by atoms with Gasteiger partial charge in [-0.1, -0.05) is 6.92 Å². The predicted molar refractivity (Wildman–Crippen MR) is 74.9 cm³/mol. The summed E-state index contributed by atoms with van der Waals surface area (Å²) in [6, 6.07) is 1.08. The summed E-state index contributed by atoms with van der Waals surface area (Å²) in [5.41, 5.74) is -0.173. The minimum Gasteiger partial charge on any atom is -0.481 e. The van der Waals surface area contributed by atoms with E-state index in [9.17, 15) is 18.4 Å². The number of likely N-dealkylation sites (tertiary alicyclic amines) is 1. The van der Waals surface area contributed by atoms with Crippen LogP contribution < -0.4 is 5.32 Å². The van der Waals surface area contributed by atoms with Gasteiger partial charge in [-0.15, -0.1) is 0 Å². The normalized spacial score (nSPS) is 21.4. The van der Waals surface area contributed by atoms with E-state index < -0.39 is 29.6 Å². The summed E-state index contributed by atoms with van der Waals surface area (Å²) in [7, 11) is 0. The summed E-state index contributed by atoms with van der Waals surface area (Å²) in [6.07, 6.45) is 0. The van der Waals surface area contributed by atoms with E-state index in [0.29, 0.717) is 6.07 Å². The van der Waals surface area contributed by atoms with Gasteiger partial charge in [0, 0.05) is 23.6 Å². The number of benzene rings is 1. The molecule has 0 radical (unpaired) electrons. The highest BCUT2D eigenvalue weighted by molar-refractivity contribution is 9.10. The molecule has 1 fully saturated rings.